The molecule has 0 aromatic rings. The molecule has 0 aromatic heterocycles. The van der Waals surface area contributed by atoms with E-state index >= 15 is 0 Å². The summed E-state index contributed by atoms with van der Waals surface area (Å²) in [7, 11) is 0. The van der Waals surface area contributed by atoms with Gasteiger partial charge in [-0.1, -0.05) is 31.1 Å². The van der Waals surface area contributed by atoms with Gasteiger partial charge in [0.2, 0.25) is 0 Å². The van der Waals surface area contributed by atoms with Gasteiger partial charge in [-0.05, 0) is 13.3 Å². The van der Waals surface area contributed by atoms with Crippen molar-refractivity contribution in [3.63, 3.8) is 0 Å². The van der Waals surface area contributed by atoms with Gasteiger partial charge in [0.1, 0.15) is 0 Å². The first-order valence-electron chi connectivity index (χ1n) is 4.49. The van der Waals surface area contributed by atoms with Gasteiger partial charge in [0.05, 0.1) is 6.61 Å². The number of unbranched alkanes of at least 4 members (excludes halogenated alkanes) is 2. The SMILES string of the molecule is CCCCCSP(C)(=O)OCC. The van der Waals surface area contributed by atoms with Gasteiger partial charge in [-0.25, -0.2) is 0 Å². The third kappa shape index (κ3) is 7.20. The van der Waals surface area contributed by atoms with Crippen LogP contribution in [0.15, 0.2) is 0 Å². The van der Waals surface area contributed by atoms with E-state index in [1.165, 1.54) is 24.2 Å². The van der Waals surface area contributed by atoms with Gasteiger partial charge >= 0.3 is 0 Å². The zero-order valence-corrected chi connectivity index (χ0v) is 9.92. The molecule has 1 unspecified atom stereocenters. The molecule has 0 aliphatic rings. The maximum absolute atomic E-state index is 11.5. The summed E-state index contributed by atoms with van der Waals surface area (Å²) in [6, 6.07) is 0. The van der Waals surface area contributed by atoms with E-state index in [9.17, 15) is 4.57 Å². The highest BCUT2D eigenvalue weighted by molar-refractivity contribution is 8.56. The Kier molecular flexibility index (Phi) is 7.31. The monoisotopic (exact) mass is 210 g/mol. The van der Waals surface area contributed by atoms with Crippen molar-refractivity contribution >= 4 is 18.0 Å². The van der Waals surface area contributed by atoms with Crippen molar-refractivity contribution in [2.24, 2.45) is 0 Å². The Morgan fingerprint density at radius 2 is 2.00 bits per heavy atom. The van der Waals surface area contributed by atoms with Gasteiger partial charge in [-0.15, -0.1) is 0 Å². The van der Waals surface area contributed by atoms with E-state index in [4.69, 9.17) is 4.52 Å². The molecule has 0 spiro atoms. The molecule has 0 N–H and O–H groups in total. The molecule has 0 fully saturated rings. The lowest BCUT2D eigenvalue weighted by Crippen LogP contribution is -1.86. The third-order valence-electron chi connectivity index (χ3n) is 1.44. The van der Waals surface area contributed by atoms with Gasteiger partial charge in [-0.2, -0.15) is 0 Å². The summed E-state index contributed by atoms with van der Waals surface area (Å²) in [5.41, 5.74) is 0. The van der Waals surface area contributed by atoms with Crippen LogP contribution in [0.1, 0.15) is 33.1 Å². The van der Waals surface area contributed by atoms with E-state index in [-0.39, 0.29) is 0 Å². The van der Waals surface area contributed by atoms with Crippen LogP contribution in [0, 0.1) is 0 Å². The summed E-state index contributed by atoms with van der Waals surface area (Å²) in [5.74, 6) is 0.960. The fourth-order valence-corrected chi connectivity index (χ4v) is 3.98. The van der Waals surface area contributed by atoms with Crippen molar-refractivity contribution in [3.05, 3.63) is 0 Å². The molecule has 0 radical (unpaired) electrons. The van der Waals surface area contributed by atoms with E-state index in [2.05, 4.69) is 6.92 Å². The Balaban J connectivity index is 3.41. The van der Waals surface area contributed by atoms with E-state index < -0.39 is 6.57 Å². The van der Waals surface area contributed by atoms with Crippen LogP contribution in [0.25, 0.3) is 0 Å². The first-order valence-corrected chi connectivity index (χ1v) is 8.15. The molecule has 74 valence electrons. The van der Waals surface area contributed by atoms with Crippen molar-refractivity contribution in [1.29, 1.82) is 0 Å². The summed E-state index contributed by atoms with van der Waals surface area (Å²) in [6.45, 7) is 3.98. The maximum Gasteiger partial charge on any atom is 0.254 e. The molecular formula is C8H19O2PS. The van der Waals surface area contributed by atoms with Crippen LogP contribution in [0.2, 0.25) is 0 Å². The lowest BCUT2D eigenvalue weighted by atomic mass is 10.3. The Labute approximate surface area is 79.7 Å². The van der Waals surface area contributed by atoms with Gasteiger partial charge in [0.25, 0.3) is 6.57 Å². The highest BCUT2D eigenvalue weighted by Gasteiger charge is 2.14. The molecule has 0 heterocycles. The third-order valence-corrected chi connectivity index (χ3v) is 5.38. The van der Waals surface area contributed by atoms with Crippen LogP contribution in [-0.4, -0.2) is 19.0 Å². The lowest BCUT2D eigenvalue weighted by Gasteiger charge is -2.10. The molecule has 0 amide bonds. The second kappa shape index (κ2) is 6.99. The Morgan fingerprint density at radius 1 is 1.33 bits per heavy atom. The van der Waals surface area contributed by atoms with E-state index in [1.807, 2.05) is 6.92 Å². The van der Waals surface area contributed by atoms with E-state index in [0.717, 1.165) is 12.2 Å². The fraction of sp³-hybridized carbons (Fsp3) is 1.00. The number of rotatable bonds is 7. The topological polar surface area (TPSA) is 26.3 Å². The molecule has 0 aliphatic carbocycles. The second-order valence-electron chi connectivity index (χ2n) is 2.73. The van der Waals surface area contributed by atoms with Gasteiger partial charge < -0.3 is 4.52 Å². The van der Waals surface area contributed by atoms with Crippen LogP contribution < -0.4 is 0 Å². The predicted octanol–water partition coefficient (Wildman–Crippen LogP) is 3.77. The lowest BCUT2D eigenvalue weighted by molar-refractivity contribution is 0.350. The van der Waals surface area contributed by atoms with Crippen molar-refractivity contribution in [1.82, 2.24) is 0 Å². The zero-order chi connectivity index (χ0) is 9.45. The maximum atomic E-state index is 11.5. The normalized spacial score (nSPS) is 15.9. The minimum atomic E-state index is -2.32. The van der Waals surface area contributed by atoms with Crippen LogP contribution in [0.3, 0.4) is 0 Å². The smallest absolute Gasteiger partial charge is 0.254 e. The molecule has 1 atom stereocenters. The number of hydrogen-bond donors (Lipinski definition) is 0. The average molecular weight is 210 g/mol. The quantitative estimate of drug-likeness (QED) is 0.472. The molecule has 0 aliphatic heterocycles. The minimum absolute atomic E-state index is 0.550. The molecule has 0 bridgehead atoms. The predicted molar refractivity (Wildman–Crippen MR) is 57.1 cm³/mol. The van der Waals surface area contributed by atoms with Crippen LogP contribution in [0.5, 0.6) is 0 Å². The van der Waals surface area contributed by atoms with Crippen molar-refractivity contribution in [2.75, 3.05) is 19.0 Å². The highest BCUT2D eigenvalue weighted by atomic mass is 32.7. The molecule has 0 saturated heterocycles. The van der Waals surface area contributed by atoms with Crippen LogP contribution in [0.4, 0.5) is 0 Å². The van der Waals surface area contributed by atoms with Crippen molar-refractivity contribution in [2.45, 2.75) is 33.1 Å². The van der Waals surface area contributed by atoms with E-state index in [1.54, 1.807) is 6.66 Å². The highest BCUT2D eigenvalue weighted by Crippen LogP contribution is 2.56. The van der Waals surface area contributed by atoms with Gasteiger partial charge in [-0.3, -0.25) is 4.57 Å². The van der Waals surface area contributed by atoms with Crippen LogP contribution in [-0.2, 0) is 9.09 Å². The molecule has 0 saturated carbocycles. The molecule has 4 heteroatoms. The molecule has 2 nitrogen and oxygen atoms in total. The standard InChI is InChI=1S/C8H19O2PS/c1-4-6-7-8-12-11(3,9)10-5-2/h4-8H2,1-3H3. The fourth-order valence-electron chi connectivity index (χ4n) is 0.854. The molecule has 0 aromatic carbocycles. The van der Waals surface area contributed by atoms with Crippen LogP contribution >= 0.6 is 18.0 Å². The summed E-state index contributed by atoms with van der Waals surface area (Å²) < 4.78 is 16.6. The molecule has 0 rings (SSSR count). The Bertz CT molecular complexity index is 150. The van der Waals surface area contributed by atoms with Gasteiger partial charge in [0.15, 0.2) is 0 Å². The summed E-state index contributed by atoms with van der Waals surface area (Å²) in [6.07, 6.45) is 3.58. The molecular weight excluding hydrogens is 191 g/mol. The number of hydrogen-bond acceptors (Lipinski definition) is 3. The summed E-state index contributed by atoms with van der Waals surface area (Å²) in [4.78, 5) is 0. The first-order chi connectivity index (χ1) is 5.62. The van der Waals surface area contributed by atoms with Gasteiger partial charge in [0, 0.05) is 12.4 Å². The summed E-state index contributed by atoms with van der Waals surface area (Å²) >= 11 is 1.48. The van der Waals surface area contributed by atoms with Crippen molar-refractivity contribution in [3.8, 4) is 0 Å². The van der Waals surface area contributed by atoms with E-state index in [0.29, 0.717) is 6.61 Å². The minimum Gasteiger partial charge on any atom is -0.322 e. The second-order valence-corrected chi connectivity index (χ2v) is 7.96. The Hall–Kier alpha value is 0.540. The summed E-state index contributed by atoms with van der Waals surface area (Å²) in [5, 5.41) is 0. The largest absolute Gasteiger partial charge is 0.322 e. The average Bonchev–Trinajstić information content (AvgIpc) is 1.98. The first kappa shape index (κ1) is 12.5. The molecule has 12 heavy (non-hydrogen) atoms. The zero-order valence-electron chi connectivity index (χ0n) is 8.21. The van der Waals surface area contributed by atoms with Crippen molar-refractivity contribution < 1.29 is 9.09 Å². The Morgan fingerprint density at radius 3 is 2.50 bits per heavy atom.